The van der Waals surface area contributed by atoms with E-state index < -0.39 is 0 Å². The van der Waals surface area contributed by atoms with Gasteiger partial charge in [-0.1, -0.05) is 15.9 Å². The Morgan fingerprint density at radius 2 is 2.24 bits per heavy atom. The Kier molecular flexibility index (Phi) is 3.99. The van der Waals surface area contributed by atoms with E-state index in [1.165, 1.54) is 0 Å². The van der Waals surface area contributed by atoms with E-state index >= 15 is 0 Å². The minimum atomic E-state index is -0.105. The maximum absolute atomic E-state index is 12.3. The van der Waals surface area contributed by atoms with Gasteiger partial charge >= 0.3 is 0 Å². The highest BCUT2D eigenvalue weighted by atomic mass is 79.9. The zero-order chi connectivity index (χ0) is 15.0. The number of nitrogens with zero attached hydrogens (tertiary/aromatic N) is 1. The van der Waals surface area contributed by atoms with Gasteiger partial charge in [-0.15, -0.1) is 0 Å². The third-order valence-corrected chi connectivity index (χ3v) is 4.42. The molecule has 2 aliphatic rings. The molecule has 1 aromatic rings. The first-order valence-corrected chi connectivity index (χ1v) is 7.84. The summed E-state index contributed by atoms with van der Waals surface area (Å²) in [5.74, 6) is -0.147. The fraction of sp³-hybridized carbons (Fsp3) is 0.467. The highest BCUT2D eigenvalue weighted by Gasteiger charge is 2.29. The highest BCUT2D eigenvalue weighted by molar-refractivity contribution is 9.10. The van der Waals surface area contributed by atoms with Crippen molar-refractivity contribution in [3.05, 3.63) is 22.2 Å². The highest BCUT2D eigenvalue weighted by Crippen LogP contribution is 2.38. The molecule has 0 spiro atoms. The number of hydrogen-bond acceptors (Lipinski definition) is 3. The molecule has 21 heavy (non-hydrogen) atoms. The topological polar surface area (TPSA) is 58.6 Å². The molecule has 2 aliphatic heterocycles. The summed E-state index contributed by atoms with van der Waals surface area (Å²) in [5, 5.41) is 2.97. The van der Waals surface area contributed by atoms with E-state index in [1.54, 1.807) is 11.8 Å². The average Bonchev–Trinajstić information content (AvgIpc) is 3.07. The summed E-state index contributed by atoms with van der Waals surface area (Å²) in [6.07, 6.45) is 1.56. The lowest BCUT2D eigenvalue weighted by Crippen LogP contribution is -2.28. The van der Waals surface area contributed by atoms with Gasteiger partial charge in [0.25, 0.3) is 0 Å². The first kappa shape index (κ1) is 14.5. The van der Waals surface area contributed by atoms with Crippen LogP contribution >= 0.6 is 15.9 Å². The number of benzene rings is 1. The third kappa shape index (κ3) is 2.82. The number of nitrogens with one attached hydrogen (secondary N) is 1. The number of hydrogen-bond donors (Lipinski definition) is 1. The van der Waals surface area contributed by atoms with Crippen molar-refractivity contribution in [2.24, 2.45) is 5.92 Å². The van der Waals surface area contributed by atoms with Crippen molar-refractivity contribution in [2.75, 3.05) is 30.0 Å². The molecule has 112 valence electrons. The molecule has 6 heteroatoms. The van der Waals surface area contributed by atoms with Gasteiger partial charge in [0.15, 0.2) is 0 Å². The van der Waals surface area contributed by atoms with Crippen molar-refractivity contribution in [1.82, 2.24) is 0 Å². The van der Waals surface area contributed by atoms with Gasteiger partial charge in [0.2, 0.25) is 11.8 Å². The van der Waals surface area contributed by atoms with Crippen molar-refractivity contribution >= 4 is 39.1 Å². The van der Waals surface area contributed by atoms with Crippen molar-refractivity contribution in [2.45, 2.75) is 19.8 Å². The van der Waals surface area contributed by atoms with Gasteiger partial charge in [-0.25, -0.2) is 0 Å². The van der Waals surface area contributed by atoms with E-state index in [-0.39, 0.29) is 17.7 Å². The molecule has 0 saturated carbocycles. The Labute approximate surface area is 131 Å². The van der Waals surface area contributed by atoms with Crippen LogP contribution in [0.2, 0.25) is 0 Å². The molecule has 3 rings (SSSR count). The zero-order valence-electron chi connectivity index (χ0n) is 11.8. The predicted octanol–water partition coefficient (Wildman–Crippen LogP) is 2.33. The maximum atomic E-state index is 12.3. The summed E-state index contributed by atoms with van der Waals surface area (Å²) in [6.45, 7) is 3.32. The second-order valence-electron chi connectivity index (χ2n) is 5.43. The minimum absolute atomic E-state index is 0.00392. The van der Waals surface area contributed by atoms with E-state index in [0.717, 1.165) is 28.6 Å². The summed E-state index contributed by atoms with van der Waals surface area (Å²) < 4.78 is 6.16. The number of ether oxygens (including phenoxy) is 1. The molecule has 1 aromatic carbocycles. The summed E-state index contributed by atoms with van der Waals surface area (Å²) in [6, 6.07) is 3.86. The van der Waals surface area contributed by atoms with Gasteiger partial charge in [0.1, 0.15) is 0 Å². The van der Waals surface area contributed by atoms with Crippen LogP contribution in [0.15, 0.2) is 16.6 Å². The Balaban J connectivity index is 1.91. The first-order valence-electron chi connectivity index (χ1n) is 7.05. The Morgan fingerprint density at radius 1 is 1.43 bits per heavy atom. The smallest absolute Gasteiger partial charge is 0.229 e. The molecular weight excluding hydrogens is 336 g/mol. The monoisotopic (exact) mass is 352 g/mol. The van der Waals surface area contributed by atoms with Gasteiger partial charge in [-0.3, -0.25) is 9.59 Å². The normalized spacial score (nSPS) is 20.5. The third-order valence-electron chi connectivity index (χ3n) is 3.97. The van der Waals surface area contributed by atoms with Gasteiger partial charge in [-0.05, 0) is 30.5 Å². The van der Waals surface area contributed by atoms with Crippen molar-refractivity contribution < 1.29 is 14.3 Å². The van der Waals surface area contributed by atoms with Crippen LogP contribution in [0, 0.1) is 5.92 Å². The number of carbonyl (C=O) groups is 2. The quantitative estimate of drug-likeness (QED) is 0.888. The Hall–Kier alpha value is -1.40. The largest absolute Gasteiger partial charge is 0.381 e. The molecular formula is C15H17BrN2O3. The van der Waals surface area contributed by atoms with E-state index in [0.29, 0.717) is 25.4 Å². The minimum Gasteiger partial charge on any atom is -0.381 e. The lowest BCUT2D eigenvalue weighted by atomic mass is 10.1. The fourth-order valence-electron chi connectivity index (χ4n) is 2.90. The summed E-state index contributed by atoms with van der Waals surface area (Å²) in [7, 11) is 0. The number of amides is 2. The molecule has 0 aliphatic carbocycles. The summed E-state index contributed by atoms with van der Waals surface area (Å²) in [4.78, 5) is 25.8. The fourth-order valence-corrected chi connectivity index (χ4v) is 3.40. The number of halogens is 1. The van der Waals surface area contributed by atoms with Crippen LogP contribution < -0.4 is 10.2 Å². The molecule has 1 N–H and O–H groups in total. The molecule has 0 bridgehead atoms. The number of carbonyl (C=O) groups excluding carboxylic acids is 2. The van der Waals surface area contributed by atoms with Crippen molar-refractivity contribution in [3.8, 4) is 0 Å². The molecule has 1 fully saturated rings. The van der Waals surface area contributed by atoms with Crippen LogP contribution in [-0.4, -0.2) is 31.6 Å². The molecule has 2 heterocycles. The molecule has 2 amide bonds. The lowest BCUT2D eigenvalue weighted by molar-refractivity contribution is -0.120. The Bertz CT molecular complexity index is 597. The van der Waals surface area contributed by atoms with Crippen LogP contribution in [0.4, 0.5) is 11.4 Å². The molecule has 0 aromatic heterocycles. The van der Waals surface area contributed by atoms with Gasteiger partial charge in [0, 0.05) is 24.5 Å². The van der Waals surface area contributed by atoms with E-state index in [9.17, 15) is 9.59 Å². The zero-order valence-corrected chi connectivity index (χ0v) is 13.4. The van der Waals surface area contributed by atoms with Crippen molar-refractivity contribution in [3.63, 3.8) is 0 Å². The maximum Gasteiger partial charge on any atom is 0.229 e. The van der Waals surface area contributed by atoms with E-state index in [4.69, 9.17) is 4.74 Å². The molecule has 1 atom stereocenters. The number of anilines is 2. The summed E-state index contributed by atoms with van der Waals surface area (Å²) in [5.41, 5.74) is 2.61. The number of rotatable bonds is 2. The van der Waals surface area contributed by atoms with Gasteiger partial charge < -0.3 is 15.0 Å². The SMILES string of the molecule is CC(=O)N1CCc2cc(Br)cc(NC(=O)C3CCOC3)c21. The average molecular weight is 353 g/mol. The lowest BCUT2D eigenvalue weighted by Gasteiger charge is -2.20. The number of fused-ring (bicyclic) bond motifs is 1. The van der Waals surface area contributed by atoms with Crippen molar-refractivity contribution in [1.29, 1.82) is 0 Å². The van der Waals surface area contributed by atoms with Crippen LogP contribution in [0.3, 0.4) is 0 Å². The van der Waals surface area contributed by atoms with E-state index in [1.807, 2.05) is 12.1 Å². The van der Waals surface area contributed by atoms with E-state index in [2.05, 4.69) is 21.2 Å². The van der Waals surface area contributed by atoms with Gasteiger partial charge in [-0.2, -0.15) is 0 Å². The van der Waals surface area contributed by atoms with Gasteiger partial charge in [0.05, 0.1) is 23.9 Å². The molecule has 1 unspecified atom stereocenters. The summed E-state index contributed by atoms with van der Waals surface area (Å²) >= 11 is 3.47. The molecule has 0 radical (unpaired) electrons. The predicted molar refractivity (Wildman–Crippen MR) is 83.4 cm³/mol. The van der Waals surface area contributed by atoms with Crippen LogP contribution in [0.5, 0.6) is 0 Å². The Morgan fingerprint density at radius 3 is 2.90 bits per heavy atom. The first-order chi connectivity index (χ1) is 10.1. The second kappa shape index (κ2) is 5.77. The van der Waals surface area contributed by atoms with Crippen LogP contribution in [0.25, 0.3) is 0 Å². The second-order valence-corrected chi connectivity index (χ2v) is 6.35. The molecule has 5 nitrogen and oxygen atoms in total. The molecule has 1 saturated heterocycles. The van der Waals surface area contributed by atoms with Crippen LogP contribution in [-0.2, 0) is 20.7 Å². The standard InChI is InChI=1S/C15H17BrN2O3/c1-9(19)18-4-2-10-6-12(16)7-13(14(10)18)17-15(20)11-3-5-21-8-11/h6-7,11H,2-5,8H2,1H3,(H,17,20). The van der Waals surface area contributed by atoms with Crippen LogP contribution in [0.1, 0.15) is 18.9 Å².